The Hall–Kier alpha value is -1.39. The van der Waals surface area contributed by atoms with Gasteiger partial charge in [-0.05, 0) is 37.4 Å². The highest BCUT2D eigenvalue weighted by Crippen LogP contribution is 2.15. The van der Waals surface area contributed by atoms with Crippen molar-refractivity contribution in [2.75, 3.05) is 6.54 Å². The van der Waals surface area contributed by atoms with E-state index in [-0.39, 0.29) is 6.10 Å². The summed E-state index contributed by atoms with van der Waals surface area (Å²) in [5.41, 5.74) is 1.94. The molecule has 0 heterocycles. The number of carbonyl (C=O) groups is 1. The van der Waals surface area contributed by atoms with E-state index >= 15 is 0 Å². The fourth-order valence-electron chi connectivity index (χ4n) is 1.77. The molecule has 2 unspecified atom stereocenters. The molecule has 0 spiro atoms. The molecule has 0 aromatic heterocycles. The van der Waals surface area contributed by atoms with Crippen molar-refractivity contribution in [3.63, 3.8) is 0 Å². The van der Waals surface area contributed by atoms with Crippen LogP contribution in [0.4, 0.5) is 0 Å². The van der Waals surface area contributed by atoms with Gasteiger partial charge in [0.2, 0.25) is 0 Å². The Kier molecular flexibility index (Phi) is 6.53. The molecule has 0 saturated carbocycles. The van der Waals surface area contributed by atoms with E-state index in [4.69, 9.17) is 5.11 Å². The van der Waals surface area contributed by atoms with Crippen molar-refractivity contribution in [3.05, 3.63) is 35.4 Å². The van der Waals surface area contributed by atoms with E-state index in [0.29, 0.717) is 0 Å². The van der Waals surface area contributed by atoms with Crippen molar-refractivity contribution in [1.82, 2.24) is 5.32 Å². The SMILES string of the molecule is CCC(O)CCNCc1ccc(C(C)C(=O)O)cc1. The lowest BCUT2D eigenvalue weighted by molar-refractivity contribution is -0.138. The second-order valence-corrected chi connectivity index (χ2v) is 4.83. The number of carboxylic acid groups (broad SMARTS) is 1. The Morgan fingerprint density at radius 2 is 1.95 bits per heavy atom. The molecule has 1 rings (SSSR count). The van der Waals surface area contributed by atoms with Crippen molar-refractivity contribution >= 4 is 5.97 Å². The first-order valence-corrected chi connectivity index (χ1v) is 6.75. The highest BCUT2D eigenvalue weighted by atomic mass is 16.4. The van der Waals surface area contributed by atoms with Gasteiger partial charge >= 0.3 is 5.97 Å². The second kappa shape index (κ2) is 7.92. The number of hydrogen-bond donors (Lipinski definition) is 3. The molecule has 1 aromatic carbocycles. The van der Waals surface area contributed by atoms with E-state index in [2.05, 4.69) is 5.32 Å². The summed E-state index contributed by atoms with van der Waals surface area (Å²) in [4.78, 5) is 10.9. The monoisotopic (exact) mass is 265 g/mol. The van der Waals surface area contributed by atoms with Crippen molar-refractivity contribution in [2.24, 2.45) is 0 Å². The number of rotatable bonds is 8. The molecule has 0 aliphatic heterocycles. The van der Waals surface area contributed by atoms with E-state index in [0.717, 1.165) is 37.1 Å². The van der Waals surface area contributed by atoms with Crippen LogP contribution in [-0.2, 0) is 11.3 Å². The first-order valence-electron chi connectivity index (χ1n) is 6.75. The number of benzene rings is 1. The Morgan fingerprint density at radius 1 is 1.32 bits per heavy atom. The van der Waals surface area contributed by atoms with Gasteiger partial charge in [-0.1, -0.05) is 31.2 Å². The third-order valence-corrected chi connectivity index (χ3v) is 3.30. The summed E-state index contributed by atoms with van der Waals surface area (Å²) in [6, 6.07) is 7.60. The molecule has 0 amide bonds. The van der Waals surface area contributed by atoms with Crippen LogP contribution in [0.1, 0.15) is 43.7 Å². The summed E-state index contributed by atoms with van der Waals surface area (Å²) in [5.74, 6) is -1.28. The lowest BCUT2D eigenvalue weighted by Crippen LogP contribution is -2.19. The minimum Gasteiger partial charge on any atom is -0.481 e. The molecule has 19 heavy (non-hydrogen) atoms. The fourth-order valence-corrected chi connectivity index (χ4v) is 1.77. The summed E-state index contributed by atoms with van der Waals surface area (Å²) in [6.45, 7) is 5.16. The predicted octanol–water partition coefficient (Wildman–Crippen LogP) is 2.13. The topological polar surface area (TPSA) is 69.6 Å². The van der Waals surface area contributed by atoms with Crippen molar-refractivity contribution < 1.29 is 15.0 Å². The van der Waals surface area contributed by atoms with Crippen LogP contribution in [-0.4, -0.2) is 28.8 Å². The smallest absolute Gasteiger partial charge is 0.310 e. The van der Waals surface area contributed by atoms with Gasteiger partial charge < -0.3 is 15.5 Å². The molecule has 2 atom stereocenters. The number of nitrogens with one attached hydrogen (secondary N) is 1. The zero-order valence-corrected chi connectivity index (χ0v) is 11.6. The predicted molar refractivity (Wildman–Crippen MR) is 75.1 cm³/mol. The number of aliphatic hydroxyl groups excluding tert-OH is 1. The van der Waals surface area contributed by atoms with Crippen LogP contribution >= 0.6 is 0 Å². The average molecular weight is 265 g/mol. The minimum atomic E-state index is -0.806. The number of carboxylic acids is 1. The van der Waals surface area contributed by atoms with Crippen LogP contribution in [0.2, 0.25) is 0 Å². The van der Waals surface area contributed by atoms with E-state index in [1.165, 1.54) is 0 Å². The lowest BCUT2D eigenvalue weighted by Gasteiger charge is -2.10. The normalized spacial score (nSPS) is 14.1. The molecule has 106 valence electrons. The molecule has 3 N–H and O–H groups in total. The molecule has 0 bridgehead atoms. The summed E-state index contributed by atoms with van der Waals surface area (Å²) in [6.07, 6.45) is 1.31. The van der Waals surface area contributed by atoms with E-state index in [1.54, 1.807) is 6.92 Å². The second-order valence-electron chi connectivity index (χ2n) is 4.83. The summed E-state index contributed by atoms with van der Waals surface area (Å²) in [5, 5.41) is 21.6. The van der Waals surface area contributed by atoms with Crippen LogP contribution < -0.4 is 5.32 Å². The Morgan fingerprint density at radius 3 is 2.47 bits per heavy atom. The number of aliphatic carboxylic acids is 1. The molecule has 0 radical (unpaired) electrons. The Bertz CT molecular complexity index is 389. The molecular formula is C15H23NO3. The standard InChI is InChI=1S/C15H23NO3/c1-3-14(17)8-9-16-10-12-4-6-13(7-5-12)11(2)15(18)19/h4-7,11,14,16-17H,3,8-10H2,1-2H3,(H,18,19). The van der Waals surface area contributed by atoms with E-state index in [9.17, 15) is 9.90 Å². The van der Waals surface area contributed by atoms with E-state index in [1.807, 2.05) is 31.2 Å². The largest absolute Gasteiger partial charge is 0.481 e. The number of hydrogen-bond acceptors (Lipinski definition) is 3. The molecular weight excluding hydrogens is 242 g/mol. The summed E-state index contributed by atoms with van der Waals surface area (Å²) < 4.78 is 0. The maximum atomic E-state index is 10.9. The maximum absolute atomic E-state index is 10.9. The van der Waals surface area contributed by atoms with E-state index < -0.39 is 11.9 Å². The zero-order valence-electron chi connectivity index (χ0n) is 11.6. The molecule has 4 heteroatoms. The molecule has 0 aliphatic rings. The zero-order chi connectivity index (χ0) is 14.3. The first kappa shape index (κ1) is 15.7. The number of aliphatic hydroxyl groups is 1. The maximum Gasteiger partial charge on any atom is 0.310 e. The molecule has 0 fully saturated rings. The van der Waals surface area contributed by atoms with Gasteiger partial charge in [-0.15, -0.1) is 0 Å². The summed E-state index contributed by atoms with van der Waals surface area (Å²) >= 11 is 0. The first-order chi connectivity index (χ1) is 9.04. The van der Waals surface area contributed by atoms with Gasteiger partial charge in [0, 0.05) is 6.54 Å². The lowest BCUT2D eigenvalue weighted by atomic mass is 10.00. The highest BCUT2D eigenvalue weighted by Gasteiger charge is 2.12. The van der Waals surface area contributed by atoms with Gasteiger partial charge in [0.15, 0.2) is 0 Å². The minimum absolute atomic E-state index is 0.230. The molecule has 4 nitrogen and oxygen atoms in total. The quantitative estimate of drug-likeness (QED) is 0.630. The van der Waals surface area contributed by atoms with Gasteiger partial charge in [0.25, 0.3) is 0 Å². The molecule has 0 saturated heterocycles. The van der Waals surface area contributed by atoms with Crippen LogP contribution in [0.25, 0.3) is 0 Å². The Balaban J connectivity index is 2.38. The van der Waals surface area contributed by atoms with Gasteiger partial charge in [-0.25, -0.2) is 0 Å². The van der Waals surface area contributed by atoms with Crippen LogP contribution in [0.3, 0.4) is 0 Å². The fraction of sp³-hybridized carbons (Fsp3) is 0.533. The average Bonchev–Trinajstić information content (AvgIpc) is 2.43. The van der Waals surface area contributed by atoms with Gasteiger partial charge in [0.05, 0.1) is 12.0 Å². The van der Waals surface area contributed by atoms with Crippen LogP contribution in [0.5, 0.6) is 0 Å². The highest BCUT2D eigenvalue weighted by molar-refractivity contribution is 5.75. The third kappa shape index (κ3) is 5.41. The van der Waals surface area contributed by atoms with Crippen LogP contribution in [0.15, 0.2) is 24.3 Å². The third-order valence-electron chi connectivity index (χ3n) is 3.30. The molecule has 1 aromatic rings. The summed E-state index contributed by atoms with van der Waals surface area (Å²) in [7, 11) is 0. The van der Waals surface area contributed by atoms with Crippen molar-refractivity contribution in [1.29, 1.82) is 0 Å². The van der Waals surface area contributed by atoms with Crippen molar-refractivity contribution in [3.8, 4) is 0 Å². The van der Waals surface area contributed by atoms with Gasteiger partial charge in [0.1, 0.15) is 0 Å². The van der Waals surface area contributed by atoms with Crippen molar-refractivity contribution in [2.45, 2.75) is 45.3 Å². The molecule has 0 aliphatic carbocycles. The van der Waals surface area contributed by atoms with Gasteiger partial charge in [-0.3, -0.25) is 4.79 Å². The van der Waals surface area contributed by atoms with Crippen LogP contribution in [0, 0.1) is 0 Å². The Labute approximate surface area is 114 Å². The van der Waals surface area contributed by atoms with Gasteiger partial charge in [-0.2, -0.15) is 0 Å².